The van der Waals surface area contributed by atoms with Gasteiger partial charge in [0, 0.05) is 33.2 Å². The van der Waals surface area contributed by atoms with E-state index in [2.05, 4.69) is 253 Å². The molecule has 0 unspecified atom stereocenters. The van der Waals surface area contributed by atoms with Crippen LogP contribution in [-0.4, -0.2) is 14.5 Å². The van der Waals surface area contributed by atoms with Gasteiger partial charge >= 0.3 is 0 Å². The number of aromatic nitrogens is 3. The Bertz CT molecular complexity index is 4000. The van der Waals surface area contributed by atoms with Crippen LogP contribution in [-0.2, 0) is 0 Å². The number of hydrogen-bond donors (Lipinski definition) is 0. The third kappa shape index (κ3) is 6.67. The molecular formula is C64H41N3. The summed E-state index contributed by atoms with van der Waals surface area (Å²) in [6.45, 7) is 0. The van der Waals surface area contributed by atoms with Gasteiger partial charge in [-0.3, -0.25) is 0 Å². The minimum Gasteiger partial charge on any atom is -0.309 e. The Labute approximate surface area is 388 Å². The molecule has 0 spiro atoms. The first-order chi connectivity index (χ1) is 33.2. The molecule has 2 heterocycles. The predicted molar refractivity (Wildman–Crippen MR) is 282 cm³/mol. The second-order valence-electron chi connectivity index (χ2n) is 17.3. The Balaban J connectivity index is 0.935. The van der Waals surface area contributed by atoms with Crippen molar-refractivity contribution in [1.29, 1.82) is 0 Å². The van der Waals surface area contributed by atoms with E-state index in [-0.39, 0.29) is 0 Å². The van der Waals surface area contributed by atoms with E-state index in [0.29, 0.717) is 5.82 Å². The number of benzene rings is 11. The summed E-state index contributed by atoms with van der Waals surface area (Å²) < 4.78 is 2.37. The fourth-order valence-electron chi connectivity index (χ4n) is 10.2. The molecule has 67 heavy (non-hydrogen) atoms. The molecule has 0 amide bonds. The molecule has 0 N–H and O–H groups in total. The van der Waals surface area contributed by atoms with Gasteiger partial charge in [0.15, 0.2) is 5.82 Å². The summed E-state index contributed by atoms with van der Waals surface area (Å²) in [4.78, 5) is 10.6. The maximum atomic E-state index is 5.33. The van der Waals surface area contributed by atoms with Crippen LogP contribution in [0.25, 0.3) is 127 Å². The van der Waals surface area contributed by atoms with Gasteiger partial charge in [-0.15, -0.1) is 0 Å². The molecule has 0 aliphatic carbocycles. The molecule has 0 fully saturated rings. The smallest absolute Gasteiger partial charge is 0.160 e. The van der Waals surface area contributed by atoms with E-state index < -0.39 is 0 Å². The van der Waals surface area contributed by atoms with Crippen molar-refractivity contribution in [3.63, 3.8) is 0 Å². The number of fused-ring (bicyclic) bond motifs is 7. The standard InChI is InChI=1S/C64H41N3/c1-3-15-42(16-4-1)48-19-13-20-50(39-48)59-41-58(45-31-29-44(30-32-45)53-26-14-28-61-63(53)56-25-11-12-27-60(56)67(61)51-21-5-2-6-22-51)65-64(66-59)47-35-33-46(34-36-47)62-54-24-10-8-18-49(54)40-57-52-23-9-7-17-43(52)37-38-55(57)62/h1-41H. The third-order valence-electron chi connectivity index (χ3n) is 13.4. The lowest BCUT2D eigenvalue weighted by Crippen LogP contribution is -1.96. The molecule has 2 aromatic heterocycles. The molecule has 11 aromatic carbocycles. The van der Waals surface area contributed by atoms with Gasteiger partial charge in [-0.1, -0.05) is 206 Å². The molecule has 0 saturated heterocycles. The van der Waals surface area contributed by atoms with Gasteiger partial charge in [0.2, 0.25) is 0 Å². The zero-order chi connectivity index (χ0) is 44.3. The molecule has 312 valence electrons. The van der Waals surface area contributed by atoms with E-state index in [1.165, 1.54) is 70.8 Å². The topological polar surface area (TPSA) is 30.7 Å². The first kappa shape index (κ1) is 38.5. The second-order valence-corrected chi connectivity index (χ2v) is 17.3. The minimum absolute atomic E-state index is 0.681. The molecular weight excluding hydrogens is 811 g/mol. The highest BCUT2D eigenvalue weighted by molar-refractivity contribution is 6.20. The highest BCUT2D eigenvalue weighted by atomic mass is 15.0. The van der Waals surface area contributed by atoms with E-state index in [4.69, 9.17) is 9.97 Å². The maximum Gasteiger partial charge on any atom is 0.160 e. The van der Waals surface area contributed by atoms with Gasteiger partial charge in [-0.05, 0) is 108 Å². The van der Waals surface area contributed by atoms with Crippen LogP contribution in [0.15, 0.2) is 249 Å². The average molecular weight is 852 g/mol. The summed E-state index contributed by atoms with van der Waals surface area (Å²) in [7, 11) is 0. The van der Waals surface area contributed by atoms with Gasteiger partial charge in [0.1, 0.15) is 0 Å². The summed E-state index contributed by atoms with van der Waals surface area (Å²) in [5.74, 6) is 0.681. The van der Waals surface area contributed by atoms with E-state index in [1.807, 2.05) is 0 Å². The van der Waals surface area contributed by atoms with Crippen molar-refractivity contribution in [3.8, 4) is 73.0 Å². The van der Waals surface area contributed by atoms with Crippen molar-refractivity contribution in [2.24, 2.45) is 0 Å². The van der Waals surface area contributed by atoms with Crippen LogP contribution in [0.5, 0.6) is 0 Å². The number of nitrogens with zero attached hydrogens (tertiary/aromatic N) is 3. The summed E-state index contributed by atoms with van der Waals surface area (Å²) in [6.07, 6.45) is 0. The SMILES string of the molecule is c1ccc(-c2cccc(-c3cc(-c4ccc(-c5cccc6c5c5ccccc5n6-c5ccccc5)cc4)nc(-c4ccc(-c5c6ccccc6cc6c5ccc5ccccc56)cc4)n3)c2)cc1. The van der Waals surface area contributed by atoms with Crippen molar-refractivity contribution in [2.45, 2.75) is 0 Å². The van der Waals surface area contributed by atoms with Crippen molar-refractivity contribution >= 4 is 54.1 Å². The zero-order valence-electron chi connectivity index (χ0n) is 36.5. The van der Waals surface area contributed by atoms with Crippen LogP contribution in [0.1, 0.15) is 0 Å². The summed E-state index contributed by atoms with van der Waals surface area (Å²) >= 11 is 0. The van der Waals surface area contributed by atoms with Gasteiger partial charge in [0.25, 0.3) is 0 Å². The highest BCUT2D eigenvalue weighted by Gasteiger charge is 2.18. The van der Waals surface area contributed by atoms with Crippen LogP contribution in [0.2, 0.25) is 0 Å². The maximum absolute atomic E-state index is 5.33. The first-order valence-electron chi connectivity index (χ1n) is 22.9. The number of para-hydroxylation sites is 2. The van der Waals surface area contributed by atoms with Crippen molar-refractivity contribution in [1.82, 2.24) is 14.5 Å². The Morgan fingerprint density at radius 1 is 0.284 bits per heavy atom. The van der Waals surface area contributed by atoms with Crippen molar-refractivity contribution in [3.05, 3.63) is 249 Å². The second kappa shape index (κ2) is 16.0. The molecule has 0 bridgehead atoms. The number of rotatable bonds is 7. The normalized spacial score (nSPS) is 11.6. The van der Waals surface area contributed by atoms with Crippen LogP contribution in [0, 0.1) is 0 Å². The summed E-state index contributed by atoms with van der Waals surface area (Å²) in [5, 5.41) is 9.95. The monoisotopic (exact) mass is 851 g/mol. The molecule has 0 radical (unpaired) electrons. The van der Waals surface area contributed by atoms with Crippen LogP contribution < -0.4 is 0 Å². The van der Waals surface area contributed by atoms with Crippen molar-refractivity contribution < 1.29 is 0 Å². The Kier molecular flexibility index (Phi) is 9.17. The van der Waals surface area contributed by atoms with Gasteiger partial charge in [0.05, 0.1) is 22.4 Å². The molecule has 13 aromatic rings. The zero-order valence-corrected chi connectivity index (χ0v) is 36.5. The van der Waals surface area contributed by atoms with E-state index in [1.54, 1.807) is 0 Å². The van der Waals surface area contributed by atoms with Gasteiger partial charge < -0.3 is 4.57 Å². The van der Waals surface area contributed by atoms with E-state index >= 15 is 0 Å². The van der Waals surface area contributed by atoms with Crippen molar-refractivity contribution in [2.75, 3.05) is 0 Å². The molecule has 0 atom stereocenters. The van der Waals surface area contributed by atoms with E-state index in [0.717, 1.165) is 50.5 Å². The quantitative estimate of drug-likeness (QED) is 0.118. The largest absolute Gasteiger partial charge is 0.309 e. The Morgan fingerprint density at radius 2 is 0.866 bits per heavy atom. The van der Waals surface area contributed by atoms with Crippen LogP contribution >= 0.6 is 0 Å². The molecule has 3 nitrogen and oxygen atoms in total. The third-order valence-corrected chi connectivity index (χ3v) is 13.4. The van der Waals surface area contributed by atoms with Gasteiger partial charge in [-0.25, -0.2) is 9.97 Å². The molecule has 0 saturated carbocycles. The fraction of sp³-hybridized carbons (Fsp3) is 0. The predicted octanol–water partition coefficient (Wildman–Crippen LogP) is 17.0. The van der Waals surface area contributed by atoms with Gasteiger partial charge in [-0.2, -0.15) is 0 Å². The van der Waals surface area contributed by atoms with Crippen LogP contribution in [0.4, 0.5) is 0 Å². The Morgan fingerprint density at radius 3 is 1.67 bits per heavy atom. The molecule has 0 aliphatic heterocycles. The fourth-order valence-corrected chi connectivity index (χ4v) is 10.2. The minimum atomic E-state index is 0.681. The van der Waals surface area contributed by atoms with E-state index in [9.17, 15) is 0 Å². The van der Waals surface area contributed by atoms with Crippen LogP contribution in [0.3, 0.4) is 0 Å². The number of hydrogen-bond acceptors (Lipinski definition) is 2. The summed E-state index contributed by atoms with van der Waals surface area (Å²) in [6, 6.07) is 89.3. The Hall–Kier alpha value is -8.92. The lowest BCUT2D eigenvalue weighted by atomic mass is 9.89. The highest BCUT2D eigenvalue weighted by Crippen LogP contribution is 2.42. The lowest BCUT2D eigenvalue weighted by molar-refractivity contribution is 1.18. The molecule has 3 heteroatoms. The average Bonchev–Trinajstić information content (AvgIpc) is 3.75. The molecule has 13 rings (SSSR count). The molecule has 0 aliphatic rings. The lowest BCUT2D eigenvalue weighted by Gasteiger charge is -2.15. The first-order valence-corrected chi connectivity index (χ1v) is 22.9. The summed E-state index contributed by atoms with van der Waals surface area (Å²) in [5.41, 5.74) is 15.3.